The van der Waals surface area contributed by atoms with Crippen molar-refractivity contribution in [3.8, 4) is 11.5 Å². The van der Waals surface area contributed by atoms with E-state index in [2.05, 4.69) is 10.6 Å². The molecule has 0 aliphatic heterocycles. The maximum atomic E-state index is 12.9. The fourth-order valence-electron chi connectivity index (χ4n) is 3.77. The smallest absolute Gasteiger partial charge is 0.337 e. The summed E-state index contributed by atoms with van der Waals surface area (Å²) in [6.07, 6.45) is 0.661. The Kier molecular flexibility index (Phi) is 9.28. The summed E-state index contributed by atoms with van der Waals surface area (Å²) in [7, 11) is 0. The zero-order valence-electron chi connectivity index (χ0n) is 21.1. The van der Waals surface area contributed by atoms with Crippen LogP contribution in [0.4, 0.5) is 11.4 Å². The minimum Gasteiger partial charge on any atom is -0.494 e. The first-order valence-electron chi connectivity index (χ1n) is 12.4. The van der Waals surface area contributed by atoms with Crippen molar-refractivity contribution < 1.29 is 29.0 Å². The molecule has 0 radical (unpaired) electrons. The molecule has 0 saturated heterocycles. The van der Waals surface area contributed by atoms with E-state index in [0.29, 0.717) is 31.1 Å². The van der Waals surface area contributed by atoms with Crippen LogP contribution in [0.5, 0.6) is 11.5 Å². The maximum Gasteiger partial charge on any atom is 0.337 e. The molecule has 39 heavy (non-hydrogen) atoms. The maximum absolute atomic E-state index is 12.9. The van der Waals surface area contributed by atoms with Crippen LogP contribution in [-0.4, -0.2) is 29.5 Å². The van der Waals surface area contributed by atoms with Gasteiger partial charge in [-0.15, -0.1) is 0 Å². The Labute approximate surface area is 226 Å². The van der Waals surface area contributed by atoms with Crippen LogP contribution in [0.25, 0.3) is 0 Å². The first kappa shape index (κ1) is 26.9. The molecule has 3 N–H and O–H groups in total. The minimum absolute atomic E-state index is 0.0262. The number of carboxylic acid groups (broad SMARTS) is 1. The third-order valence-electron chi connectivity index (χ3n) is 5.74. The monoisotopic (exact) mass is 524 g/mol. The Morgan fingerprint density at radius 2 is 1.21 bits per heavy atom. The number of rotatable bonds is 12. The number of carbonyl (C=O) groups is 3. The topological polar surface area (TPSA) is 114 Å². The molecule has 0 fully saturated rings. The van der Waals surface area contributed by atoms with Crippen LogP contribution < -0.4 is 20.1 Å². The van der Waals surface area contributed by atoms with Gasteiger partial charge in [-0.2, -0.15) is 0 Å². The number of para-hydroxylation sites is 2. The van der Waals surface area contributed by atoms with Gasteiger partial charge in [-0.25, -0.2) is 4.79 Å². The first-order valence-corrected chi connectivity index (χ1v) is 12.4. The minimum atomic E-state index is -1.15. The van der Waals surface area contributed by atoms with E-state index in [9.17, 15) is 19.5 Å². The van der Waals surface area contributed by atoms with Gasteiger partial charge in [-0.3, -0.25) is 9.59 Å². The molecular formula is C31H28N2O6. The summed E-state index contributed by atoms with van der Waals surface area (Å²) < 4.78 is 11.5. The van der Waals surface area contributed by atoms with Gasteiger partial charge in [-0.1, -0.05) is 54.6 Å². The van der Waals surface area contributed by atoms with Crippen LogP contribution in [0.1, 0.15) is 39.1 Å². The first-order chi connectivity index (χ1) is 19.0. The van der Waals surface area contributed by atoms with E-state index in [1.54, 1.807) is 36.4 Å². The van der Waals surface area contributed by atoms with Crippen LogP contribution in [0.2, 0.25) is 0 Å². The average Bonchev–Trinajstić information content (AvgIpc) is 2.96. The number of ether oxygens (including phenoxy) is 2. The molecule has 0 heterocycles. The lowest BCUT2D eigenvalue weighted by molar-refractivity contribution is -0.116. The van der Waals surface area contributed by atoms with Gasteiger partial charge in [0, 0.05) is 6.42 Å². The fourth-order valence-corrected chi connectivity index (χ4v) is 3.77. The predicted molar refractivity (Wildman–Crippen MR) is 148 cm³/mol. The summed E-state index contributed by atoms with van der Waals surface area (Å²) in [5.41, 5.74) is 1.78. The molecule has 2 amide bonds. The van der Waals surface area contributed by atoms with E-state index in [1.165, 1.54) is 12.1 Å². The number of hydrogen-bond acceptors (Lipinski definition) is 5. The van der Waals surface area contributed by atoms with E-state index < -0.39 is 11.9 Å². The summed E-state index contributed by atoms with van der Waals surface area (Å²) >= 11 is 0. The number of nitrogens with one attached hydrogen (secondary N) is 2. The van der Waals surface area contributed by atoms with Crippen molar-refractivity contribution >= 4 is 29.2 Å². The highest BCUT2D eigenvalue weighted by Gasteiger charge is 2.16. The van der Waals surface area contributed by atoms with Gasteiger partial charge in [0.1, 0.15) is 18.1 Å². The quantitative estimate of drug-likeness (QED) is 0.196. The molecule has 8 heteroatoms. The van der Waals surface area contributed by atoms with Gasteiger partial charge in [-0.05, 0) is 60.5 Å². The zero-order valence-corrected chi connectivity index (χ0v) is 21.1. The van der Waals surface area contributed by atoms with Crippen molar-refractivity contribution in [2.45, 2.75) is 19.4 Å². The van der Waals surface area contributed by atoms with Crippen molar-refractivity contribution in [2.24, 2.45) is 0 Å². The summed E-state index contributed by atoms with van der Waals surface area (Å²) in [5.74, 6) is -0.540. The van der Waals surface area contributed by atoms with E-state index in [0.717, 1.165) is 11.3 Å². The van der Waals surface area contributed by atoms with Crippen LogP contribution in [0, 0.1) is 0 Å². The second-order valence-electron chi connectivity index (χ2n) is 8.60. The lowest BCUT2D eigenvalue weighted by Gasteiger charge is -2.13. The van der Waals surface area contributed by atoms with Gasteiger partial charge in [0.15, 0.2) is 0 Å². The number of carbonyl (C=O) groups excluding carboxylic acids is 2. The lowest BCUT2D eigenvalue weighted by atomic mass is 10.1. The van der Waals surface area contributed by atoms with Gasteiger partial charge < -0.3 is 25.2 Å². The van der Waals surface area contributed by atoms with Crippen molar-refractivity contribution in [1.82, 2.24) is 0 Å². The third-order valence-corrected chi connectivity index (χ3v) is 5.74. The molecular weight excluding hydrogens is 496 g/mol. The Morgan fingerprint density at radius 3 is 1.87 bits per heavy atom. The Balaban J connectivity index is 1.23. The van der Waals surface area contributed by atoms with E-state index >= 15 is 0 Å². The molecule has 0 saturated carbocycles. The number of anilines is 2. The van der Waals surface area contributed by atoms with E-state index in [4.69, 9.17) is 9.47 Å². The zero-order chi connectivity index (χ0) is 27.5. The second kappa shape index (κ2) is 13.4. The van der Waals surface area contributed by atoms with Gasteiger partial charge in [0.2, 0.25) is 5.91 Å². The number of hydrogen-bond donors (Lipinski definition) is 3. The summed E-state index contributed by atoms with van der Waals surface area (Å²) in [4.78, 5) is 36.8. The van der Waals surface area contributed by atoms with Crippen molar-refractivity contribution in [3.05, 3.63) is 120 Å². The molecule has 4 aromatic rings. The molecule has 4 rings (SSSR count). The Bertz CT molecular complexity index is 1420. The van der Waals surface area contributed by atoms with Crippen molar-refractivity contribution in [1.29, 1.82) is 0 Å². The standard InChI is InChI=1S/C31H28N2O6/c34-29(15-8-20-38-23-16-18-24(19-17-23)39-21-22-9-2-1-3-10-22)32-27-13-6-4-11-25(27)30(35)33-28-14-7-5-12-26(28)31(36)37/h1-7,9-14,16-19H,8,15,20-21H2,(H,32,34)(H,33,35)(H,36,37). The van der Waals surface area contributed by atoms with Crippen LogP contribution in [0.15, 0.2) is 103 Å². The molecule has 0 spiro atoms. The predicted octanol–water partition coefficient (Wildman–Crippen LogP) is 6.01. The van der Waals surface area contributed by atoms with Crippen LogP contribution in [0.3, 0.4) is 0 Å². The summed E-state index contributed by atoms with van der Waals surface area (Å²) in [6.45, 7) is 0.822. The molecule has 0 aliphatic rings. The highest BCUT2D eigenvalue weighted by Crippen LogP contribution is 2.21. The highest BCUT2D eigenvalue weighted by molar-refractivity contribution is 6.12. The van der Waals surface area contributed by atoms with Crippen molar-refractivity contribution in [3.63, 3.8) is 0 Å². The number of aromatic carboxylic acids is 1. The van der Waals surface area contributed by atoms with Gasteiger partial charge >= 0.3 is 5.97 Å². The molecule has 8 nitrogen and oxygen atoms in total. The third kappa shape index (κ3) is 7.93. The summed E-state index contributed by atoms with van der Waals surface area (Å²) in [5, 5.41) is 14.7. The Morgan fingerprint density at radius 1 is 0.641 bits per heavy atom. The van der Waals surface area contributed by atoms with E-state index in [1.807, 2.05) is 54.6 Å². The summed E-state index contributed by atoms with van der Waals surface area (Å²) in [6, 6.07) is 29.9. The average molecular weight is 525 g/mol. The Hall–Kier alpha value is -5.11. The molecule has 4 aromatic carbocycles. The molecule has 198 valence electrons. The highest BCUT2D eigenvalue weighted by atomic mass is 16.5. The lowest BCUT2D eigenvalue weighted by Crippen LogP contribution is -2.19. The fraction of sp³-hybridized carbons (Fsp3) is 0.129. The second-order valence-corrected chi connectivity index (χ2v) is 8.60. The SMILES string of the molecule is O=C(CCCOc1ccc(OCc2ccccc2)cc1)Nc1ccccc1C(=O)Nc1ccccc1C(=O)O. The van der Waals surface area contributed by atoms with Crippen molar-refractivity contribution in [2.75, 3.05) is 17.2 Å². The van der Waals surface area contributed by atoms with Crippen LogP contribution in [-0.2, 0) is 11.4 Å². The largest absolute Gasteiger partial charge is 0.494 e. The van der Waals surface area contributed by atoms with Crippen LogP contribution >= 0.6 is 0 Å². The normalized spacial score (nSPS) is 10.4. The number of amides is 2. The van der Waals surface area contributed by atoms with Gasteiger partial charge in [0.25, 0.3) is 5.91 Å². The number of benzene rings is 4. The molecule has 0 bridgehead atoms. The molecule has 0 aromatic heterocycles. The molecule has 0 aliphatic carbocycles. The number of carboxylic acids is 1. The van der Waals surface area contributed by atoms with Gasteiger partial charge in [0.05, 0.1) is 29.1 Å². The van der Waals surface area contributed by atoms with E-state index in [-0.39, 0.29) is 29.1 Å². The molecule has 0 unspecified atom stereocenters. The molecule has 0 atom stereocenters.